The zero-order valence-corrected chi connectivity index (χ0v) is 14.3. The van der Waals surface area contributed by atoms with Gasteiger partial charge < -0.3 is 5.32 Å². The Morgan fingerprint density at radius 3 is 2.24 bits per heavy atom. The van der Waals surface area contributed by atoms with Gasteiger partial charge in [0.2, 0.25) is 17.7 Å². The molecule has 1 aliphatic heterocycles. The highest BCUT2D eigenvalue weighted by molar-refractivity contribution is 6.06. The molecule has 5 aliphatic rings. The fourth-order valence-corrected chi connectivity index (χ4v) is 5.85. The monoisotopic (exact) mass is 340 g/mol. The van der Waals surface area contributed by atoms with E-state index in [0.717, 1.165) is 19.3 Å². The summed E-state index contributed by atoms with van der Waals surface area (Å²) < 4.78 is 0. The second kappa shape index (κ2) is 5.55. The van der Waals surface area contributed by atoms with Gasteiger partial charge in [0, 0.05) is 19.0 Å². The van der Waals surface area contributed by atoms with E-state index < -0.39 is 0 Å². The normalized spacial score (nSPS) is 42.7. The number of carbonyl (C=O) groups is 3. The molecule has 0 unspecified atom stereocenters. The van der Waals surface area contributed by atoms with Crippen LogP contribution in [-0.2, 0) is 14.4 Å². The van der Waals surface area contributed by atoms with Crippen molar-refractivity contribution in [2.75, 3.05) is 13.1 Å². The maximum absolute atomic E-state index is 12.6. The molecule has 0 aromatic heterocycles. The third kappa shape index (κ3) is 2.24. The Labute approximate surface area is 147 Å². The average molecular weight is 340 g/mol. The van der Waals surface area contributed by atoms with Gasteiger partial charge in [0.1, 0.15) is 0 Å². The summed E-state index contributed by atoms with van der Waals surface area (Å²) in [5.74, 6) is 1.58. The number of allylic oxidation sites excluding steroid dienone is 4. The van der Waals surface area contributed by atoms with Crippen molar-refractivity contribution in [3.05, 3.63) is 24.3 Å². The topological polar surface area (TPSA) is 66.5 Å². The minimum absolute atomic E-state index is 0.0106. The maximum atomic E-state index is 12.6. The molecule has 1 heterocycles. The fraction of sp³-hybridized carbons (Fsp3) is 0.650. The van der Waals surface area contributed by atoms with Crippen molar-refractivity contribution in [2.24, 2.45) is 41.4 Å². The molecule has 132 valence electrons. The molecule has 25 heavy (non-hydrogen) atoms. The number of hydrogen-bond acceptors (Lipinski definition) is 3. The van der Waals surface area contributed by atoms with Crippen LogP contribution < -0.4 is 5.32 Å². The molecule has 4 bridgehead atoms. The molecular weight excluding hydrogens is 316 g/mol. The van der Waals surface area contributed by atoms with Crippen molar-refractivity contribution < 1.29 is 14.4 Å². The Hall–Kier alpha value is -1.91. The summed E-state index contributed by atoms with van der Waals surface area (Å²) in [6, 6.07) is 0. The van der Waals surface area contributed by atoms with Gasteiger partial charge in [0.25, 0.3) is 0 Å². The van der Waals surface area contributed by atoms with E-state index in [4.69, 9.17) is 0 Å². The van der Waals surface area contributed by atoms with Gasteiger partial charge in [-0.1, -0.05) is 24.3 Å². The van der Waals surface area contributed by atoms with Crippen molar-refractivity contribution in [3.8, 4) is 0 Å². The zero-order valence-electron chi connectivity index (χ0n) is 14.3. The molecule has 5 nitrogen and oxygen atoms in total. The van der Waals surface area contributed by atoms with E-state index in [1.807, 2.05) is 0 Å². The summed E-state index contributed by atoms with van der Waals surface area (Å²) in [5, 5.41) is 3.01. The highest BCUT2D eigenvalue weighted by Gasteiger charge is 2.58. The van der Waals surface area contributed by atoms with Crippen LogP contribution in [0, 0.1) is 41.4 Å². The number of amides is 3. The molecule has 3 amide bonds. The molecule has 5 heteroatoms. The molecule has 0 aromatic rings. The van der Waals surface area contributed by atoms with Gasteiger partial charge in [-0.3, -0.25) is 19.3 Å². The number of imide groups is 1. The molecular formula is C20H24N2O3. The first-order valence-corrected chi connectivity index (χ1v) is 9.63. The summed E-state index contributed by atoms with van der Waals surface area (Å²) in [4.78, 5) is 38.9. The number of rotatable bonds is 5. The molecule has 3 fully saturated rings. The van der Waals surface area contributed by atoms with Crippen LogP contribution in [0.3, 0.4) is 0 Å². The number of hydrogen-bond donors (Lipinski definition) is 1. The second-order valence-corrected chi connectivity index (χ2v) is 8.36. The SMILES string of the molecule is O=C(NCCCN1C(=O)[C@H]2[C@H](C1=O)[C@H]1C=C[C@H]2C1)[C@@H]1C[C@H]2C=C[C@H]1C2. The van der Waals surface area contributed by atoms with Crippen LogP contribution >= 0.6 is 0 Å². The number of nitrogens with one attached hydrogen (secondary N) is 1. The highest BCUT2D eigenvalue weighted by atomic mass is 16.2. The van der Waals surface area contributed by atoms with Crippen LogP contribution in [0.2, 0.25) is 0 Å². The quantitative estimate of drug-likeness (QED) is 0.469. The van der Waals surface area contributed by atoms with E-state index in [1.165, 1.54) is 4.90 Å². The lowest BCUT2D eigenvalue weighted by Crippen LogP contribution is -2.37. The van der Waals surface area contributed by atoms with Gasteiger partial charge in [-0.25, -0.2) is 0 Å². The Morgan fingerprint density at radius 1 is 0.960 bits per heavy atom. The van der Waals surface area contributed by atoms with E-state index in [-0.39, 0.29) is 47.3 Å². The minimum atomic E-state index is -0.113. The van der Waals surface area contributed by atoms with Gasteiger partial charge in [-0.2, -0.15) is 0 Å². The average Bonchev–Trinajstić information content (AvgIpc) is 3.40. The molecule has 0 aromatic carbocycles. The van der Waals surface area contributed by atoms with Crippen molar-refractivity contribution >= 4 is 17.7 Å². The van der Waals surface area contributed by atoms with Crippen LogP contribution in [0.5, 0.6) is 0 Å². The Kier molecular flexibility index (Phi) is 3.41. The predicted octanol–water partition coefficient (Wildman–Crippen LogP) is 1.51. The first-order chi connectivity index (χ1) is 12.1. The summed E-state index contributed by atoms with van der Waals surface area (Å²) in [6.45, 7) is 0.967. The predicted molar refractivity (Wildman–Crippen MR) is 90.9 cm³/mol. The summed E-state index contributed by atoms with van der Waals surface area (Å²) in [7, 11) is 0. The molecule has 2 saturated carbocycles. The fourth-order valence-electron chi connectivity index (χ4n) is 5.85. The Balaban J connectivity index is 1.12. The second-order valence-electron chi connectivity index (χ2n) is 8.36. The minimum Gasteiger partial charge on any atom is -0.356 e. The van der Waals surface area contributed by atoms with Crippen molar-refractivity contribution in [2.45, 2.75) is 25.7 Å². The van der Waals surface area contributed by atoms with Crippen LogP contribution in [0.4, 0.5) is 0 Å². The van der Waals surface area contributed by atoms with Gasteiger partial charge in [0.05, 0.1) is 11.8 Å². The molecule has 7 atom stereocenters. The van der Waals surface area contributed by atoms with Gasteiger partial charge in [-0.05, 0) is 49.4 Å². The number of likely N-dealkylation sites (tertiary alicyclic amines) is 1. The van der Waals surface area contributed by atoms with E-state index in [0.29, 0.717) is 31.3 Å². The van der Waals surface area contributed by atoms with Crippen molar-refractivity contribution in [1.29, 1.82) is 0 Å². The smallest absolute Gasteiger partial charge is 0.233 e. The molecule has 1 N–H and O–H groups in total. The maximum Gasteiger partial charge on any atom is 0.233 e. The lowest BCUT2D eigenvalue weighted by molar-refractivity contribution is -0.140. The number of nitrogens with zero attached hydrogens (tertiary/aromatic N) is 1. The van der Waals surface area contributed by atoms with Crippen LogP contribution in [-0.4, -0.2) is 35.7 Å². The molecule has 1 saturated heterocycles. The van der Waals surface area contributed by atoms with E-state index in [2.05, 4.69) is 29.6 Å². The molecule has 0 radical (unpaired) electrons. The lowest BCUT2D eigenvalue weighted by Gasteiger charge is -2.19. The van der Waals surface area contributed by atoms with Crippen molar-refractivity contribution in [3.63, 3.8) is 0 Å². The first kappa shape index (κ1) is 15.4. The van der Waals surface area contributed by atoms with Crippen molar-refractivity contribution in [1.82, 2.24) is 10.2 Å². The van der Waals surface area contributed by atoms with E-state index in [1.54, 1.807) is 0 Å². The van der Waals surface area contributed by atoms with E-state index >= 15 is 0 Å². The van der Waals surface area contributed by atoms with Crippen LogP contribution in [0.15, 0.2) is 24.3 Å². The molecule has 5 rings (SSSR count). The van der Waals surface area contributed by atoms with E-state index in [9.17, 15) is 14.4 Å². The summed E-state index contributed by atoms with van der Waals surface area (Å²) in [6.07, 6.45) is 12.3. The summed E-state index contributed by atoms with van der Waals surface area (Å²) in [5.41, 5.74) is 0. The van der Waals surface area contributed by atoms with Crippen LogP contribution in [0.1, 0.15) is 25.7 Å². The van der Waals surface area contributed by atoms with Gasteiger partial charge in [0.15, 0.2) is 0 Å². The highest BCUT2D eigenvalue weighted by Crippen LogP contribution is 2.52. The standard InChI is InChI=1S/C20H24N2O3/c23-18(15-9-11-2-3-12(15)8-11)21-6-1-7-22-19(24)16-13-4-5-14(10-13)17(16)20(22)25/h2-5,11-17H,1,6-10H2,(H,21,23)/t11-,12-,13-,14-,15+,16+,17+/m0/s1. The Morgan fingerprint density at radius 2 is 1.64 bits per heavy atom. The number of fused-ring (bicyclic) bond motifs is 7. The third-order valence-corrected chi connectivity index (χ3v) is 7.04. The third-order valence-electron chi connectivity index (χ3n) is 7.04. The molecule has 4 aliphatic carbocycles. The van der Waals surface area contributed by atoms with Gasteiger partial charge >= 0.3 is 0 Å². The first-order valence-electron chi connectivity index (χ1n) is 9.63. The zero-order chi connectivity index (χ0) is 17.1. The largest absolute Gasteiger partial charge is 0.356 e. The molecule has 0 spiro atoms. The summed E-state index contributed by atoms with van der Waals surface area (Å²) >= 11 is 0. The van der Waals surface area contributed by atoms with Gasteiger partial charge in [-0.15, -0.1) is 0 Å². The lowest BCUT2D eigenvalue weighted by atomic mass is 9.85. The Bertz CT molecular complexity index is 667. The number of carbonyl (C=O) groups excluding carboxylic acids is 3. The van der Waals surface area contributed by atoms with Crippen LogP contribution in [0.25, 0.3) is 0 Å².